The molecule has 4 nitrogen and oxygen atoms in total. The summed E-state index contributed by atoms with van der Waals surface area (Å²) in [5.41, 5.74) is 2.50. The van der Waals surface area contributed by atoms with E-state index in [1.807, 2.05) is 37.3 Å². The molecule has 0 bridgehead atoms. The highest BCUT2D eigenvalue weighted by molar-refractivity contribution is 6.30. The smallest absolute Gasteiger partial charge is 0.226 e. The minimum Gasteiger partial charge on any atom is -0.349 e. The predicted molar refractivity (Wildman–Crippen MR) is 92.4 cm³/mol. The summed E-state index contributed by atoms with van der Waals surface area (Å²) in [4.78, 5) is 23.7. The van der Waals surface area contributed by atoms with Crippen LogP contribution in [-0.4, -0.2) is 11.8 Å². The first kappa shape index (κ1) is 17.0. The van der Waals surface area contributed by atoms with Crippen molar-refractivity contribution >= 4 is 29.1 Å². The molecule has 2 amide bonds. The van der Waals surface area contributed by atoms with Gasteiger partial charge in [0.15, 0.2) is 0 Å². The Morgan fingerprint density at radius 3 is 2.43 bits per heavy atom. The number of halogens is 1. The van der Waals surface area contributed by atoms with Crippen LogP contribution in [0.25, 0.3) is 0 Å². The number of carbonyl (C=O) groups is 2. The average molecular weight is 331 g/mol. The van der Waals surface area contributed by atoms with E-state index in [1.54, 1.807) is 18.2 Å². The first-order valence-electron chi connectivity index (χ1n) is 7.34. The Morgan fingerprint density at radius 1 is 1.13 bits per heavy atom. The molecule has 0 aromatic heterocycles. The maximum atomic E-state index is 12.3. The molecule has 0 fully saturated rings. The van der Waals surface area contributed by atoms with Crippen molar-refractivity contribution in [3.05, 3.63) is 64.7 Å². The molecule has 2 N–H and O–H groups in total. The molecule has 0 spiro atoms. The van der Waals surface area contributed by atoms with Crippen molar-refractivity contribution in [2.24, 2.45) is 0 Å². The second-order valence-corrected chi connectivity index (χ2v) is 5.81. The van der Waals surface area contributed by atoms with Gasteiger partial charge in [-0.15, -0.1) is 0 Å². The van der Waals surface area contributed by atoms with Crippen molar-refractivity contribution in [1.82, 2.24) is 5.32 Å². The largest absolute Gasteiger partial charge is 0.349 e. The standard InChI is InChI=1S/C18H19ClN2O2/c1-12-10-15(19)8-9-16(12)21-18(23)11-17(20-13(2)22)14-6-4-3-5-7-14/h3-10,17H,11H2,1-2H3,(H,20,22)(H,21,23). The van der Waals surface area contributed by atoms with Crippen LogP contribution in [0, 0.1) is 6.92 Å². The summed E-state index contributed by atoms with van der Waals surface area (Å²) in [6, 6.07) is 14.4. The zero-order valence-electron chi connectivity index (χ0n) is 13.1. The van der Waals surface area contributed by atoms with E-state index >= 15 is 0 Å². The number of aryl methyl sites for hydroxylation is 1. The third kappa shape index (κ3) is 5.11. The fourth-order valence-electron chi connectivity index (χ4n) is 2.34. The van der Waals surface area contributed by atoms with Crippen LogP contribution in [-0.2, 0) is 9.59 Å². The van der Waals surface area contributed by atoms with Gasteiger partial charge in [0, 0.05) is 17.6 Å². The molecule has 0 aliphatic carbocycles. The lowest BCUT2D eigenvalue weighted by molar-refractivity contribution is -0.120. The fraction of sp³-hybridized carbons (Fsp3) is 0.222. The van der Waals surface area contributed by atoms with E-state index in [2.05, 4.69) is 10.6 Å². The molecular weight excluding hydrogens is 312 g/mol. The van der Waals surface area contributed by atoms with E-state index in [4.69, 9.17) is 11.6 Å². The normalized spacial score (nSPS) is 11.6. The zero-order chi connectivity index (χ0) is 16.8. The first-order valence-corrected chi connectivity index (χ1v) is 7.71. The summed E-state index contributed by atoms with van der Waals surface area (Å²) >= 11 is 5.91. The maximum absolute atomic E-state index is 12.3. The van der Waals surface area contributed by atoms with Crippen LogP contribution in [0.1, 0.15) is 30.5 Å². The molecule has 1 unspecified atom stereocenters. The maximum Gasteiger partial charge on any atom is 0.226 e. The highest BCUT2D eigenvalue weighted by Crippen LogP contribution is 2.22. The molecule has 23 heavy (non-hydrogen) atoms. The Hall–Kier alpha value is -2.33. The summed E-state index contributed by atoms with van der Waals surface area (Å²) in [6.45, 7) is 3.32. The number of nitrogens with one attached hydrogen (secondary N) is 2. The van der Waals surface area contributed by atoms with Gasteiger partial charge in [0.25, 0.3) is 0 Å². The van der Waals surface area contributed by atoms with Gasteiger partial charge in [0.2, 0.25) is 11.8 Å². The molecule has 0 saturated carbocycles. The van der Waals surface area contributed by atoms with Crippen LogP contribution in [0.5, 0.6) is 0 Å². The van der Waals surface area contributed by atoms with Crippen molar-refractivity contribution in [1.29, 1.82) is 0 Å². The van der Waals surface area contributed by atoms with Gasteiger partial charge >= 0.3 is 0 Å². The van der Waals surface area contributed by atoms with E-state index in [0.29, 0.717) is 10.7 Å². The quantitative estimate of drug-likeness (QED) is 0.874. The van der Waals surface area contributed by atoms with E-state index in [1.165, 1.54) is 6.92 Å². The molecule has 1 atom stereocenters. The van der Waals surface area contributed by atoms with Gasteiger partial charge in [-0.25, -0.2) is 0 Å². The molecule has 2 aromatic rings. The Morgan fingerprint density at radius 2 is 1.83 bits per heavy atom. The Labute approximate surface area is 140 Å². The molecule has 0 heterocycles. The van der Waals surface area contributed by atoms with Crippen molar-refractivity contribution < 1.29 is 9.59 Å². The van der Waals surface area contributed by atoms with Gasteiger partial charge in [-0.2, -0.15) is 0 Å². The lowest BCUT2D eigenvalue weighted by Crippen LogP contribution is -2.29. The number of amides is 2. The molecule has 2 aromatic carbocycles. The molecule has 5 heteroatoms. The van der Waals surface area contributed by atoms with Crippen LogP contribution >= 0.6 is 11.6 Å². The average Bonchev–Trinajstić information content (AvgIpc) is 2.50. The highest BCUT2D eigenvalue weighted by atomic mass is 35.5. The van der Waals surface area contributed by atoms with Gasteiger partial charge in [-0.1, -0.05) is 41.9 Å². The molecule has 0 radical (unpaired) electrons. The van der Waals surface area contributed by atoms with Gasteiger partial charge in [-0.3, -0.25) is 9.59 Å². The van der Waals surface area contributed by atoms with E-state index in [0.717, 1.165) is 11.1 Å². The number of carbonyl (C=O) groups excluding carboxylic acids is 2. The monoisotopic (exact) mass is 330 g/mol. The first-order chi connectivity index (χ1) is 11.0. The van der Waals surface area contributed by atoms with Gasteiger partial charge in [-0.05, 0) is 36.2 Å². The predicted octanol–water partition coefficient (Wildman–Crippen LogP) is 3.85. The van der Waals surface area contributed by atoms with Crippen molar-refractivity contribution in [2.45, 2.75) is 26.3 Å². The summed E-state index contributed by atoms with van der Waals surface area (Å²) in [6.07, 6.45) is 0.158. The van der Waals surface area contributed by atoms with Crippen LogP contribution in [0.2, 0.25) is 5.02 Å². The lowest BCUT2D eigenvalue weighted by Gasteiger charge is -2.18. The van der Waals surface area contributed by atoms with Crippen molar-refractivity contribution in [3.63, 3.8) is 0 Å². The molecular formula is C18H19ClN2O2. The summed E-state index contributed by atoms with van der Waals surface area (Å²) in [5.74, 6) is -0.340. The van der Waals surface area contributed by atoms with Crippen LogP contribution in [0.15, 0.2) is 48.5 Å². The van der Waals surface area contributed by atoms with Crippen LogP contribution in [0.3, 0.4) is 0 Å². The molecule has 0 aliphatic heterocycles. The van der Waals surface area contributed by atoms with Crippen LogP contribution in [0.4, 0.5) is 5.69 Å². The number of hydrogen-bond acceptors (Lipinski definition) is 2. The number of rotatable bonds is 5. The Balaban J connectivity index is 2.09. The summed E-state index contributed by atoms with van der Waals surface area (Å²) < 4.78 is 0. The molecule has 0 saturated heterocycles. The molecule has 2 rings (SSSR count). The number of hydrogen-bond donors (Lipinski definition) is 2. The van der Waals surface area contributed by atoms with Gasteiger partial charge < -0.3 is 10.6 Å². The van der Waals surface area contributed by atoms with Gasteiger partial charge in [0.1, 0.15) is 0 Å². The zero-order valence-corrected chi connectivity index (χ0v) is 13.9. The van der Waals surface area contributed by atoms with E-state index < -0.39 is 0 Å². The summed E-state index contributed by atoms with van der Waals surface area (Å²) in [7, 11) is 0. The fourth-order valence-corrected chi connectivity index (χ4v) is 2.56. The summed E-state index contributed by atoms with van der Waals surface area (Å²) in [5, 5.41) is 6.30. The number of benzene rings is 2. The SMILES string of the molecule is CC(=O)NC(CC(=O)Nc1ccc(Cl)cc1C)c1ccccc1. The second kappa shape index (κ2) is 7.79. The molecule has 120 valence electrons. The topological polar surface area (TPSA) is 58.2 Å². The minimum absolute atomic E-state index is 0.158. The van der Waals surface area contributed by atoms with Crippen molar-refractivity contribution in [2.75, 3.05) is 5.32 Å². The molecule has 0 aliphatic rings. The van der Waals surface area contributed by atoms with E-state index in [-0.39, 0.29) is 24.3 Å². The lowest BCUT2D eigenvalue weighted by atomic mass is 10.0. The Kier molecular flexibility index (Phi) is 5.77. The third-order valence-corrected chi connectivity index (χ3v) is 3.67. The van der Waals surface area contributed by atoms with Gasteiger partial charge in [0.05, 0.1) is 12.5 Å². The van der Waals surface area contributed by atoms with Crippen molar-refractivity contribution in [3.8, 4) is 0 Å². The highest BCUT2D eigenvalue weighted by Gasteiger charge is 2.17. The van der Waals surface area contributed by atoms with E-state index in [9.17, 15) is 9.59 Å². The minimum atomic E-state index is -0.360. The second-order valence-electron chi connectivity index (χ2n) is 5.38. The van der Waals surface area contributed by atoms with Crippen LogP contribution < -0.4 is 10.6 Å². The number of anilines is 1. The third-order valence-electron chi connectivity index (χ3n) is 3.43. The Bertz CT molecular complexity index is 701.